The van der Waals surface area contributed by atoms with E-state index >= 15 is 0 Å². The van der Waals surface area contributed by atoms with Gasteiger partial charge in [0.05, 0.1) is 0 Å². The van der Waals surface area contributed by atoms with E-state index in [4.69, 9.17) is 0 Å². The molecule has 0 bridgehead atoms. The van der Waals surface area contributed by atoms with Crippen LogP contribution in [0.4, 0.5) is 0 Å². The van der Waals surface area contributed by atoms with Gasteiger partial charge in [-0.15, -0.1) is 11.3 Å². The first-order valence-electron chi connectivity index (χ1n) is 6.55. The third-order valence-corrected chi connectivity index (χ3v) is 5.11. The Labute approximate surface area is 112 Å². The van der Waals surface area contributed by atoms with Crippen LogP contribution in [0.25, 0.3) is 0 Å². The molecule has 1 aromatic carbocycles. The highest BCUT2D eigenvalue weighted by atomic mass is 32.1. The Balaban J connectivity index is 2.05. The summed E-state index contributed by atoms with van der Waals surface area (Å²) < 4.78 is 0. The molecule has 3 rings (SSSR count). The van der Waals surface area contributed by atoms with Gasteiger partial charge in [-0.25, -0.2) is 0 Å². The summed E-state index contributed by atoms with van der Waals surface area (Å²) in [6, 6.07) is 12.4. The molecule has 1 aliphatic carbocycles. The van der Waals surface area contributed by atoms with Crippen molar-refractivity contribution < 1.29 is 5.11 Å². The second-order valence-corrected chi connectivity index (χ2v) is 6.21. The first-order valence-corrected chi connectivity index (χ1v) is 7.43. The third-order valence-electron chi connectivity index (χ3n) is 4.03. The van der Waals surface area contributed by atoms with E-state index in [0.29, 0.717) is 5.92 Å². The average Bonchev–Trinajstić information content (AvgIpc) is 2.81. The molecule has 0 saturated heterocycles. The van der Waals surface area contributed by atoms with Crippen LogP contribution in [-0.2, 0) is 5.60 Å². The number of hydrogen-bond acceptors (Lipinski definition) is 2. The van der Waals surface area contributed by atoms with E-state index in [1.54, 1.807) is 11.3 Å². The van der Waals surface area contributed by atoms with Crippen molar-refractivity contribution in [1.82, 2.24) is 0 Å². The van der Waals surface area contributed by atoms with E-state index in [-0.39, 0.29) is 0 Å². The van der Waals surface area contributed by atoms with Crippen molar-refractivity contribution in [2.45, 2.75) is 37.7 Å². The SMILES string of the molecule is CC(O)(c1cccs1)c1ccccc1C1CCC1. The lowest BCUT2D eigenvalue weighted by Crippen LogP contribution is -2.25. The van der Waals surface area contributed by atoms with Gasteiger partial charge >= 0.3 is 0 Å². The second-order valence-electron chi connectivity index (χ2n) is 5.26. The number of thiophene rings is 1. The van der Waals surface area contributed by atoms with Gasteiger partial charge in [0.2, 0.25) is 0 Å². The molecule has 0 radical (unpaired) electrons. The summed E-state index contributed by atoms with van der Waals surface area (Å²) >= 11 is 1.62. The van der Waals surface area contributed by atoms with Crippen LogP contribution in [0, 0.1) is 0 Å². The number of rotatable bonds is 3. The Bertz CT molecular complexity index is 524. The summed E-state index contributed by atoms with van der Waals surface area (Å²) in [7, 11) is 0. The Kier molecular flexibility index (Phi) is 3.00. The van der Waals surface area contributed by atoms with Gasteiger partial charge in [0.15, 0.2) is 0 Å². The van der Waals surface area contributed by atoms with Crippen LogP contribution in [0.1, 0.15) is 48.1 Å². The van der Waals surface area contributed by atoms with Crippen molar-refractivity contribution in [2.24, 2.45) is 0 Å². The number of benzene rings is 1. The molecule has 0 aliphatic heterocycles. The summed E-state index contributed by atoms with van der Waals surface area (Å²) in [5, 5.41) is 12.9. The normalized spacial score (nSPS) is 19.2. The van der Waals surface area contributed by atoms with E-state index in [0.717, 1.165) is 10.4 Å². The summed E-state index contributed by atoms with van der Waals surface area (Å²) in [5.74, 6) is 0.646. The van der Waals surface area contributed by atoms with Crippen molar-refractivity contribution >= 4 is 11.3 Å². The van der Waals surface area contributed by atoms with Crippen LogP contribution in [0.3, 0.4) is 0 Å². The van der Waals surface area contributed by atoms with Gasteiger partial charge < -0.3 is 5.11 Å². The minimum absolute atomic E-state index is 0.646. The lowest BCUT2D eigenvalue weighted by Gasteiger charge is -2.32. The summed E-state index contributed by atoms with van der Waals surface area (Å²) in [4.78, 5) is 1.02. The zero-order chi connectivity index (χ0) is 12.6. The maximum atomic E-state index is 10.9. The van der Waals surface area contributed by atoms with Gasteiger partial charge in [-0.05, 0) is 48.3 Å². The minimum atomic E-state index is -0.861. The average molecular weight is 258 g/mol. The van der Waals surface area contributed by atoms with Crippen molar-refractivity contribution in [1.29, 1.82) is 0 Å². The summed E-state index contributed by atoms with van der Waals surface area (Å²) in [6.45, 7) is 1.91. The molecule has 18 heavy (non-hydrogen) atoms. The quantitative estimate of drug-likeness (QED) is 0.871. The highest BCUT2D eigenvalue weighted by Gasteiger charge is 2.32. The van der Waals surface area contributed by atoms with E-state index < -0.39 is 5.60 Å². The minimum Gasteiger partial charge on any atom is -0.380 e. The molecule has 1 saturated carbocycles. The van der Waals surface area contributed by atoms with Crippen LogP contribution in [-0.4, -0.2) is 5.11 Å². The third kappa shape index (κ3) is 1.90. The topological polar surface area (TPSA) is 20.2 Å². The monoisotopic (exact) mass is 258 g/mol. The molecule has 1 nitrogen and oxygen atoms in total. The van der Waals surface area contributed by atoms with Gasteiger partial charge in [0.1, 0.15) is 5.60 Å². The van der Waals surface area contributed by atoms with Gasteiger partial charge in [-0.2, -0.15) is 0 Å². The highest BCUT2D eigenvalue weighted by Crippen LogP contribution is 2.43. The zero-order valence-electron chi connectivity index (χ0n) is 10.6. The summed E-state index contributed by atoms with van der Waals surface area (Å²) in [6.07, 6.45) is 3.84. The molecule has 1 heterocycles. The van der Waals surface area contributed by atoms with Crippen LogP contribution in [0.5, 0.6) is 0 Å². The maximum Gasteiger partial charge on any atom is 0.121 e. The second kappa shape index (κ2) is 4.52. The van der Waals surface area contributed by atoms with E-state index in [9.17, 15) is 5.11 Å². The van der Waals surface area contributed by atoms with Crippen LogP contribution >= 0.6 is 11.3 Å². The van der Waals surface area contributed by atoms with Gasteiger partial charge in [0, 0.05) is 4.88 Å². The Hall–Kier alpha value is -1.12. The molecule has 1 fully saturated rings. The predicted molar refractivity (Wildman–Crippen MR) is 76.0 cm³/mol. The van der Waals surface area contributed by atoms with Gasteiger partial charge in [0.25, 0.3) is 0 Å². The molecule has 2 aromatic rings. The first-order chi connectivity index (χ1) is 8.69. The summed E-state index contributed by atoms with van der Waals surface area (Å²) in [5.41, 5.74) is 1.56. The molecule has 2 heteroatoms. The van der Waals surface area contributed by atoms with Crippen LogP contribution < -0.4 is 0 Å². The molecule has 94 valence electrons. The van der Waals surface area contributed by atoms with E-state index in [1.165, 1.54) is 24.8 Å². The zero-order valence-corrected chi connectivity index (χ0v) is 11.4. The first kappa shape index (κ1) is 11.9. The standard InChI is InChI=1S/C16H18OS/c1-16(17,15-10-5-11-18-15)14-9-3-2-8-13(14)12-6-4-7-12/h2-3,5,8-12,17H,4,6-7H2,1H3. The van der Waals surface area contributed by atoms with E-state index in [1.807, 2.05) is 30.5 Å². The van der Waals surface area contributed by atoms with Crippen LogP contribution in [0.2, 0.25) is 0 Å². The lowest BCUT2D eigenvalue weighted by atomic mass is 9.75. The highest BCUT2D eigenvalue weighted by molar-refractivity contribution is 7.10. The largest absolute Gasteiger partial charge is 0.380 e. The number of hydrogen-bond donors (Lipinski definition) is 1. The molecular formula is C16H18OS. The molecule has 1 N–H and O–H groups in total. The molecule has 1 atom stereocenters. The van der Waals surface area contributed by atoms with Gasteiger partial charge in [-0.3, -0.25) is 0 Å². The molecule has 0 spiro atoms. The Morgan fingerprint density at radius 3 is 2.56 bits per heavy atom. The fourth-order valence-corrected chi connectivity index (χ4v) is 3.50. The fourth-order valence-electron chi connectivity index (χ4n) is 2.70. The van der Waals surface area contributed by atoms with Crippen LogP contribution in [0.15, 0.2) is 41.8 Å². The van der Waals surface area contributed by atoms with Crippen molar-refractivity contribution in [3.8, 4) is 0 Å². The van der Waals surface area contributed by atoms with E-state index in [2.05, 4.69) is 18.2 Å². The lowest BCUT2D eigenvalue weighted by molar-refractivity contribution is 0.104. The predicted octanol–water partition coefficient (Wildman–Crippen LogP) is 4.27. The smallest absolute Gasteiger partial charge is 0.121 e. The number of aliphatic hydroxyl groups is 1. The van der Waals surface area contributed by atoms with Crippen molar-refractivity contribution in [2.75, 3.05) is 0 Å². The van der Waals surface area contributed by atoms with Gasteiger partial charge in [-0.1, -0.05) is 36.8 Å². The Morgan fingerprint density at radius 1 is 1.17 bits per heavy atom. The van der Waals surface area contributed by atoms with Crippen molar-refractivity contribution in [3.05, 3.63) is 57.8 Å². The van der Waals surface area contributed by atoms with Crippen molar-refractivity contribution in [3.63, 3.8) is 0 Å². The fraction of sp³-hybridized carbons (Fsp3) is 0.375. The molecule has 1 unspecified atom stereocenters. The molecule has 1 aliphatic rings. The Morgan fingerprint density at radius 2 is 1.94 bits per heavy atom. The molecule has 0 amide bonds. The maximum absolute atomic E-state index is 10.9. The molecule has 1 aromatic heterocycles. The molecular weight excluding hydrogens is 240 g/mol.